The SMILES string of the molecule is COC(c1ccccc1)c1ncc(C(=O)O)c(C(F)F)n1. The first kappa shape index (κ1) is 15.0. The fourth-order valence-electron chi connectivity index (χ4n) is 1.89. The molecule has 0 saturated carbocycles. The zero-order valence-electron chi connectivity index (χ0n) is 11.0. The van der Waals surface area contributed by atoms with Gasteiger partial charge in [-0.2, -0.15) is 0 Å². The van der Waals surface area contributed by atoms with E-state index in [1.807, 2.05) is 0 Å². The molecular weight excluding hydrogens is 282 g/mol. The number of carbonyl (C=O) groups is 1. The number of aromatic carboxylic acids is 1. The Labute approximate surface area is 119 Å². The monoisotopic (exact) mass is 294 g/mol. The number of benzene rings is 1. The molecule has 1 unspecified atom stereocenters. The average molecular weight is 294 g/mol. The number of alkyl halides is 2. The lowest BCUT2D eigenvalue weighted by molar-refractivity contribution is 0.0679. The van der Waals surface area contributed by atoms with Crippen LogP contribution in [0.15, 0.2) is 36.5 Å². The van der Waals surface area contributed by atoms with Gasteiger partial charge in [-0.25, -0.2) is 23.5 Å². The normalized spacial score (nSPS) is 12.4. The molecule has 1 atom stereocenters. The highest BCUT2D eigenvalue weighted by atomic mass is 19.3. The number of rotatable bonds is 5. The van der Waals surface area contributed by atoms with Crippen molar-refractivity contribution in [1.82, 2.24) is 9.97 Å². The van der Waals surface area contributed by atoms with Gasteiger partial charge in [-0.05, 0) is 5.56 Å². The van der Waals surface area contributed by atoms with Gasteiger partial charge in [0.25, 0.3) is 6.43 Å². The molecule has 0 aliphatic heterocycles. The Hall–Kier alpha value is -2.41. The number of hydrogen-bond donors (Lipinski definition) is 1. The minimum absolute atomic E-state index is 0.0102. The van der Waals surface area contributed by atoms with Crippen molar-refractivity contribution in [3.8, 4) is 0 Å². The Bertz CT molecular complexity index is 635. The Morgan fingerprint density at radius 1 is 1.29 bits per heavy atom. The van der Waals surface area contributed by atoms with Gasteiger partial charge in [0.15, 0.2) is 5.82 Å². The van der Waals surface area contributed by atoms with Crippen molar-refractivity contribution in [2.75, 3.05) is 7.11 Å². The number of nitrogens with zero attached hydrogens (tertiary/aromatic N) is 2. The highest BCUT2D eigenvalue weighted by molar-refractivity contribution is 5.88. The number of carboxylic acids is 1. The Kier molecular flexibility index (Phi) is 4.54. The van der Waals surface area contributed by atoms with E-state index in [2.05, 4.69) is 9.97 Å². The van der Waals surface area contributed by atoms with E-state index in [0.29, 0.717) is 5.56 Å². The van der Waals surface area contributed by atoms with E-state index < -0.39 is 29.8 Å². The van der Waals surface area contributed by atoms with Crippen LogP contribution in [0.5, 0.6) is 0 Å². The predicted octanol–water partition coefficient (Wildman–Crippen LogP) is 2.85. The highest BCUT2D eigenvalue weighted by Gasteiger charge is 2.24. The molecule has 0 bridgehead atoms. The Morgan fingerprint density at radius 3 is 2.48 bits per heavy atom. The van der Waals surface area contributed by atoms with E-state index in [1.54, 1.807) is 30.3 Å². The molecule has 1 aromatic carbocycles. The van der Waals surface area contributed by atoms with E-state index >= 15 is 0 Å². The summed E-state index contributed by atoms with van der Waals surface area (Å²) in [7, 11) is 1.40. The van der Waals surface area contributed by atoms with E-state index in [1.165, 1.54) is 7.11 Å². The van der Waals surface area contributed by atoms with Crippen molar-refractivity contribution in [3.05, 3.63) is 59.2 Å². The third-order valence-electron chi connectivity index (χ3n) is 2.85. The first-order chi connectivity index (χ1) is 10.0. The molecule has 0 amide bonds. The van der Waals surface area contributed by atoms with Gasteiger partial charge in [-0.3, -0.25) is 0 Å². The molecule has 0 fully saturated rings. The lowest BCUT2D eigenvalue weighted by atomic mass is 10.1. The Balaban J connectivity index is 2.48. The number of hydrogen-bond acceptors (Lipinski definition) is 4. The first-order valence-corrected chi connectivity index (χ1v) is 6.00. The fraction of sp³-hybridized carbons (Fsp3) is 0.214. The topological polar surface area (TPSA) is 72.3 Å². The van der Waals surface area contributed by atoms with Gasteiger partial charge in [-0.15, -0.1) is 0 Å². The van der Waals surface area contributed by atoms with Crippen LogP contribution in [0.3, 0.4) is 0 Å². The van der Waals surface area contributed by atoms with Crippen LogP contribution in [0.2, 0.25) is 0 Å². The van der Waals surface area contributed by atoms with Crippen molar-refractivity contribution in [2.45, 2.75) is 12.5 Å². The van der Waals surface area contributed by atoms with Gasteiger partial charge in [0.1, 0.15) is 17.4 Å². The van der Waals surface area contributed by atoms with Crippen LogP contribution in [-0.4, -0.2) is 28.2 Å². The maximum Gasteiger partial charge on any atom is 0.339 e. The second-order valence-electron chi connectivity index (χ2n) is 4.16. The van der Waals surface area contributed by atoms with E-state index in [-0.39, 0.29) is 5.82 Å². The van der Waals surface area contributed by atoms with Crippen LogP contribution in [-0.2, 0) is 4.74 Å². The zero-order chi connectivity index (χ0) is 15.4. The van der Waals surface area contributed by atoms with Crippen molar-refractivity contribution < 1.29 is 23.4 Å². The van der Waals surface area contributed by atoms with Crippen LogP contribution >= 0.6 is 0 Å². The first-order valence-electron chi connectivity index (χ1n) is 6.00. The summed E-state index contributed by atoms with van der Waals surface area (Å²) < 4.78 is 31.1. The fourth-order valence-corrected chi connectivity index (χ4v) is 1.89. The van der Waals surface area contributed by atoms with E-state index in [0.717, 1.165) is 6.20 Å². The molecule has 1 aromatic heterocycles. The molecule has 1 N–H and O–H groups in total. The van der Waals surface area contributed by atoms with Crippen molar-refractivity contribution in [1.29, 1.82) is 0 Å². The predicted molar refractivity (Wildman–Crippen MR) is 69.2 cm³/mol. The summed E-state index contributed by atoms with van der Waals surface area (Å²) in [5.41, 5.74) is -0.745. The molecule has 2 rings (SSSR count). The quantitative estimate of drug-likeness (QED) is 0.918. The van der Waals surface area contributed by atoms with Crippen LogP contribution in [0.1, 0.15) is 40.0 Å². The van der Waals surface area contributed by atoms with Gasteiger partial charge in [0.2, 0.25) is 0 Å². The highest BCUT2D eigenvalue weighted by Crippen LogP contribution is 2.26. The molecule has 0 saturated heterocycles. The van der Waals surface area contributed by atoms with Gasteiger partial charge in [0.05, 0.1) is 0 Å². The molecule has 0 aliphatic rings. The number of aromatic nitrogens is 2. The lowest BCUT2D eigenvalue weighted by Crippen LogP contribution is -2.14. The molecule has 0 aliphatic carbocycles. The zero-order valence-corrected chi connectivity index (χ0v) is 11.0. The summed E-state index contributed by atoms with van der Waals surface area (Å²) in [5.74, 6) is -1.51. The second-order valence-corrected chi connectivity index (χ2v) is 4.16. The minimum atomic E-state index is -3.01. The van der Waals surface area contributed by atoms with Crippen LogP contribution in [0, 0.1) is 0 Å². The maximum absolute atomic E-state index is 12.9. The average Bonchev–Trinajstić information content (AvgIpc) is 2.48. The minimum Gasteiger partial charge on any atom is -0.478 e. The third kappa shape index (κ3) is 3.19. The summed E-state index contributed by atoms with van der Waals surface area (Å²) in [6, 6.07) is 8.81. The number of carboxylic acid groups (broad SMARTS) is 1. The third-order valence-corrected chi connectivity index (χ3v) is 2.85. The van der Waals surface area contributed by atoms with E-state index in [9.17, 15) is 13.6 Å². The van der Waals surface area contributed by atoms with Crippen LogP contribution < -0.4 is 0 Å². The van der Waals surface area contributed by atoms with Gasteiger partial charge in [-0.1, -0.05) is 30.3 Å². The van der Waals surface area contributed by atoms with Crippen LogP contribution in [0.25, 0.3) is 0 Å². The second kappa shape index (κ2) is 6.36. The van der Waals surface area contributed by atoms with Crippen LogP contribution in [0.4, 0.5) is 8.78 Å². The largest absolute Gasteiger partial charge is 0.478 e. The summed E-state index contributed by atoms with van der Waals surface area (Å²) in [4.78, 5) is 18.4. The van der Waals surface area contributed by atoms with Gasteiger partial charge in [0, 0.05) is 13.3 Å². The summed E-state index contributed by atoms with van der Waals surface area (Å²) in [5, 5.41) is 8.87. The van der Waals surface area contributed by atoms with E-state index in [4.69, 9.17) is 9.84 Å². The maximum atomic E-state index is 12.9. The standard InChI is InChI=1S/C14H12F2N2O3/c1-21-11(8-5-3-2-4-6-8)13-17-7-9(14(19)20)10(18-13)12(15)16/h2-7,11-12H,1H3,(H,19,20). The molecular formula is C14H12F2N2O3. The van der Waals surface area contributed by atoms with Crippen molar-refractivity contribution >= 4 is 5.97 Å². The summed E-state index contributed by atoms with van der Waals surface area (Å²) in [6.45, 7) is 0. The molecule has 5 nitrogen and oxygen atoms in total. The number of methoxy groups -OCH3 is 1. The summed E-state index contributed by atoms with van der Waals surface area (Å²) in [6.07, 6.45) is -2.88. The Morgan fingerprint density at radius 2 is 1.95 bits per heavy atom. The molecule has 2 aromatic rings. The summed E-state index contributed by atoms with van der Waals surface area (Å²) >= 11 is 0. The van der Waals surface area contributed by atoms with Gasteiger partial charge >= 0.3 is 5.97 Å². The van der Waals surface area contributed by atoms with Crippen molar-refractivity contribution in [2.24, 2.45) is 0 Å². The molecule has 110 valence electrons. The molecule has 0 radical (unpaired) electrons. The number of halogens is 2. The number of ether oxygens (including phenoxy) is 1. The lowest BCUT2D eigenvalue weighted by Gasteiger charge is -2.15. The molecule has 7 heteroatoms. The van der Waals surface area contributed by atoms with Gasteiger partial charge < -0.3 is 9.84 Å². The molecule has 21 heavy (non-hydrogen) atoms. The molecule has 0 spiro atoms. The molecule has 1 heterocycles. The van der Waals surface area contributed by atoms with Crippen molar-refractivity contribution in [3.63, 3.8) is 0 Å². The smallest absolute Gasteiger partial charge is 0.339 e.